The average Bonchev–Trinajstić information content (AvgIpc) is 2.82. The molecular weight excluding hydrogens is 296 g/mol. The maximum absolute atomic E-state index is 12.5. The first-order chi connectivity index (χ1) is 11.1. The Labute approximate surface area is 132 Å². The van der Waals surface area contributed by atoms with Gasteiger partial charge in [-0.25, -0.2) is 9.69 Å². The van der Waals surface area contributed by atoms with Crippen LogP contribution in [0.5, 0.6) is 0 Å². The molecule has 1 fully saturated rings. The molecule has 116 valence electrons. The van der Waals surface area contributed by atoms with Crippen LogP contribution in [0.2, 0.25) is 0 Å². The normalized spacial score (nSPS) is 17.4. The second kappa shape index (κ2) is 5.92. The van der Waals surface area contributed by atoms with E-state index in [2.05, 4.69) is 5.32 Å². The number of carbonyl (C=O) groups is 3. The third-order valence-corrected chi connectivity index (χ3v) is 3.61. The van der Waals surface area contributed by atoms with Crippen molar-refractivity contribution in [1.29, 1.82) is 0 Å². The van der Waals surface area contributed by atoms with Crippen LogP contribution in [0, 0.1) is 0 Å². The fourth-order valence-corrected chi connectivity index (χ4v) is 2.53. The van der Waals surface area contributed by atoms with Crippen molar-refractivity contribution in [3.8, 4) is 0 Å². The molecule has 0 aliphatic carbocycles. The van der Waals surface area contributed by atoms with Crippen molar-refractivity contribution in [1.82, 2.24) is 0 Å². The largest absolute Gasteiger partial charge is 0.478 e. The van der Waals surface area contributed by atoms with Gasteiger partial charge in [0.1, 0.15) is 6.04 Å². The van der Waals surface area contributed by atoms with Gasteiger partial charge in [-0.3, -0.25) is 9.59 Å². The summed E-state index contributed by atoms with van der Waals surface area (Å²) in [5.74, 6) is -1.85. The SMILES string of the molecule is O=C(O)c1cccc(N2C(=O)C[C@H](Nc3ccccc3)C2=O)c1. The molecule has 1 heterocycles. The number of nitrogens with zero attached hydrogens (tertiary/aromatic N) is 1. The summed E-state index contributed by atoms with van der Waals surface area (Å²) in [5.41, 5.74) is 1.06. The summed E-state index contributed by atoms with van der Waals surface area (Å²) in [4.78, 5) is 36.8. The second-order valence-corrected chi connectivity index (χ2v) is 5.19. The Kier molecular flexibility index (Phi) is 3.80. The summed E-state index contributed by atoms with van der Waals surface area (Å²) in [6.07, 6.45) is 0.0328. The number of hydrogen-bond donors (Lipinski definition) is 2. The summed E-state index contributed by atoms with van der Waals surface area (Å²) in [6, 6.07) is 14.3. The minimum absolute atomic E-state index is 0.0302. The van der Waals surface area contributed by atoms with Crippen LogP contribution in [0.3, 0.4) is 0 Å². The van der Waals surface area contributed by atoms with Crippen molar-refractivity contribution in [2.45, 2.75) is 12.5 Å². The quantitative estimate of drug-likeness (QED) is 0.845. The molecule has 0 spiro atoms. The van der Waals surface area contributed by atoms with Gasteiger partial charge in [0.2, 0.25) is 5.91 Å². The molecule has 0 radical (unpaired) electrons. The van der Waals surface area contributed by atoms with E-state index in [4.69, 9.17) is 5.11 Å². The van der Waals surface area contributed by atoms with Crippen LogP contribution < -0.4 is 10.2 Å². The number of anilines is 2. The van der Waals surface area contributed by atoms with Gasteiger partial charge in [0.15, 0.2) is 0 Å². The zero-order chi connectivity index (χ0) is 16.4. The molecule has 1 saturated heterocycles. The van der Waals surface area contributed by atoms with Gasteiger partial charge in [-0.2, -0.15) is 0 Å². The molecule has 3 rings (SSSR count). The highest BCUT2D eigenvalue weighted by atomic mass is 16.4. The zero-order valence-corrected chi connectivity index (χ0v) is 12.1. The molecule has 6 heteroatoms. The molecular formula is C17H14N2O4. The van der Waals surface area contributed by atoms with Crippen LogP contribution in [0.25, 0.3) is 0 Å². The smallest absolute Gasteiger partial charge is 0.335 e. The number of rotatable bonds is 4. The Morgan fingerprint density at radius 2 is 1.83 bits per heavy atom. The van der Waals surface area contributed by atoms with E-state index in [9.17, 15) is 14.4 Å². The van der Waals surface area contributed by atoms with Crippen molar-refractivity contribution in [2.24, 2.45) is 0 Å². The lowest BCUT2D eigenvalue weighted by atomic mass is 10.2. The zero-order valence-electron chi connectivity index (χ0n) is 12.1. The summed E-state index contributed by atoms with van der Waals surface area (Å²) in [7, 11) is 0. The average molecular weight is 310 g/mol. The predicted molar refractivity (Wildman–Crippen MR) is 84.4 cm³/mol. The van der Waals surface area contributed by atoms with Gasteiger partial charge in [-0.1, -0.05) is 24.3 Å². The Bertz CT molecular complexity index is 773. The molecule has 0 bridgehead atoms. The topological polar surface area (TPSA) is 86.7 Å². The van der Waals surface area contributed by atoms with Crippen molar-refractivity contribution in [3.05, 3.63) is 60.2 Å². The Morgan fingerprint density at radius 1 is 1.09 bits per heavy atom. The number of nitrogens with one attached hydrogen (secondary N) is 1. The molecule has 2 aromatic carbocycles. The van der Waals surface area contributed by atoms with Gasteiger partial charge in [0.25, 0.3) is 5.91 Å². The highest BCUT2D eigenvalue weighted by Crippen LogP contribution is 2.25. The highest BCUT2D eigenvalue weighted by molar-refractivity contribution is 6.23. The summed E-state index contributed by atoms with van der Waals surface area (Å²) in [6.45, 7) is 0. The molecule has 1 atom stereocenters. The fourth-order valence-electron chi connectivity index (χ4n) is 2.53. The number of aromatic carboxylic acids is 1. The van der Waals surface area contributed by atoms with Crippen LogP contribution in [-0.2, 0) is 9.59 Å². The van der Waals surface area contributed by atoms with Gasteiger partial charge >= 0.3 is 5.97 Å². The van der Waals surface area contributed by atoms with E-state index in [0.717, 1.165) is 10.6 Å². The van der Waals surface area contributed by atoms with Crippen LogP contribution in [-0.4, -0.2) is 28.9 Å². The maximum atomic E-state index is 12.5. The number of carboxylic acid groups (broad SMARTS) is 1. The Hall–Kier alpha value is -3.15. The number of para-hydroxylation sites is 1. The second-order valence-electron chi connectivity index (χ2n) is 5.19. The number of hydrogen-bond acceptors (Lipinski definition) is 4. The summed E-state index contributed by atoms with van der Waals surface area (Å²) < 4.78 is 0. The minimum atomic E-state index is -1.11. The van der Waals surface area contributed by atoms with E-state index in [1.165, 1.54) is 18.2 Å². The highest BCUT2D eigenvalue weighted by Gasteiger charge is 2.39. The van der Waals surface area contributed by atoms with Crippen LogP contribution in [0.1, 0.15) is 16.8 Å². The maximum Gasteiger partial charge on any atom is 0.335 e. The Balaban J connectivity index is 1.84. The molecule has 1 aliphatic rings. The van der Waals surface area contributed by atoms with E-state index in [-0.39, 0.29) is 29.5 Å². The van der Waals surface area contributed by atoms with Crippen LogP contribution in [0.4, 0.5) is 11.4 Å². The minimum Gasteiger partial charge on any atom is -0.478 e. The molecule has 0 unspecified atom stereocenters. The molecule has 1 aliphatic heterocycles. The number of imide groups is 1. The Morgan fingerprint density at radius 3 is 2.52 bits per heavy atom. The van der Waals surface area contributed by atoms with Gasteiger partial charge in [-0.15, -0.1) is 0 Å². The first-order valence-corrected chi connectivity index (χ1v) is 7.08. The molecule has 23 heavy (non-hydrogen) atoms. The van der Waals surface area contributed by atoms with Crippen molar-refractivity contribution in [2.75, 3.05) is 10.2 Å². The third-order valence-electron chi connectivity index (χ3n) is 3.61. The third kappa shape index (κ3) is 2.91. The van der Waals surface area contributed by atoms with Gasteiger partial charge < -0.3 is 10.4 Å². The summed E-state index contributed by atoms with van der Waals surface area (Å²) in [5, 5.41) is 12.1. The van der Waals surface area contributed by atoms with Crippen molar-refractivity contribution in [3.63, 3.8) is 0 Å². The number of benzene rings is 2. The molecule has 2 amide bonds. The number of amides is 2. The molecule has 0 aromatic heterocycles. The van der Waals surface area contributed by atoms with Crippen LogP contribution >= 0.6 is 0 Å². The lowest BCUT2D eigenvalue weighted by Crippen LogP contribution is -2.34. The lowest BCUT2D eigenvalue weighted by molar-refractivity contribution is -0.121. The summed E-state index contributed by atoms with van der Waals surface area (Å²) >= 11 is 0. The fraction of sp³-hybridized carbons (Fsp3) is 0.118. The number of carbonyl (C=O) groups excluding carboxylic acids is 2. The van der Waals surface area contributed by atoms with E-state index < -0.39 is 12.0 Å². The molecule has 0 saturated carbocycles. The van der Waals surface area contributed by atoms with Crippen molar-refractivity contribution >= 4 is 29.2 Å². The molecule has 2 aromatic rings. The van der Waals surface area contributed by atoms with Gasteiger partial charge in [0.05, 0.1) is 17.7 Å². The van der Waals surface area contributed by atoms with Crippen molar-refractivity contribution < 1.29 is 19.5 Å². The van der Waals surface area contributed by atoms with E-state index >= 15 is 0 Å². The number of carboxylic acids is 1. The molecule has 2 N–H and O–H groups in total. The first-order valence-electron chi connectivity index (χ1n) is 7.08. The monoisotopic (exact) mass is 310 g/mol. The van der Waals surface area contributed by atoms with Gasteiger partial charge in [-0.05, 0) is 30.3 Å². The van der Waals surface area contributed by atoms with Gasteiger partial charge in [0, 0.05) is 5.69 Å². The van der Waals surface area contributed by atoms with E-state index in [1.807, 2.05) is 30.3 Å². The predicted octanol–water partition coefficient (Wildman–Crippen LogP) is 2.13. The molecule has 6 nitrogen and oxygen atoms in total. The lowest BCUT2D eigenvalue weighted by Gasteiger charge is -2.16. The van der Waals surface area contributed by atoms with E-state index in [1.54, 1.807) is 6.07 Å². The standard InChI is InChI=1S/C17H14N2O4/c20-15-10-14(18-12-6-2-1-3-7-12)16(21)19(15)13-8-4-5-11(9-13)17(22)23/h1-9,14,18H,10H2,(H,22,23)/t14-/m0/s1. The van der Waals surface area contributed by atoms with Crippen LogP contribution in [0.15, 0.2) is 54.6 Å². The van der Waals surface area contributed by atoms with E-state index in [0.29, 0.717) is 0 Å². The first kappa shape index (κ1) is 14.8.